The lowest BCUT2D eigenvalue weighted by atomic mass is 10.2. The van der Waals surface area contributed by atoms with Crippen molar-refractivity contribution in [3.8, 4) is 0 Å². The molecule has 1 saturated heterocycles. The average Bonchev–Trinajstić information content (AvgIpc) is 2.96. The van der Waals surface area contributed by atoms with E-state index < -0.39 is 15.1 Å². The van der Waals surface area contributed by atoms with Gasteiger partial charge in [0.2, 0.25) is 0 Å². The quantitative estimate of drug-likeness (QED) is 0.712. The molecule has 0 bridgehead atoms. The molecule has 4 N–H and O–H groups in total. The number of thiazole rings is 1. The summed E-state index contributed by atoms with van der Waals surface area (Å²) < 4.78 is 23.4. The lowest BCUT2D eigenvalue weighted by Crippen LogP contribution is -2.34. The summed E-state index contributed by atoms with van der Waals surface area (Å²) in [5.74, 6) is 0.0171. The third kappa shape index (κ3) is 3.85. The second-order valence-electron chi connectivity index (χ2n) is 5.00. The highest BCUT2D eigenvalue weighted by atomic mass is 32.2. The van der Waals surface area contributed by atoms with Crippen LogP contribution in [0.15, 0.2) is 0 Å². The van der Waals surface area contributed by atoms with Crippen molar-refractivity contribution in [2.75, 3.05) is 29.9 Å². The summed E-state index contributed by atoms with van der Waals surface area (Å²) in [6.07, 6.45) is 2.21. The van der Waals surface area contributed by atoms with Crippen LogP contribution < -0.4 is 16.4 Å². The van der Waals surface area contributed by atoms with Gasteiger partial charge in [0.25, 0.3) is 5.91 Å². The number of carbonyl (C=O) groups excluding carboxylic acids is 1. The van der Waals surface area contributed by atoms with Gasteiger partial charge < -0.3 is 16.4 Å². The van der Waals surface area contributed by atoms with Gasteiger partial charge in [0, 0.05) is 13.1 Å². The number of hydrogen-bond donors (Lipinski definition) is 3. The Kier molecular flexibility index (Phi) is 5.04. The van der Waals surface area contributed by atoms with Crippen LogP contribution in [0.4, 0.5) is 10.9 Å². The minimum atomic E-state index is -3.05. The van der Waals surface area contributed by atoms with Crippen LogP contribution in [0.1, 0.15) is 35.9 Å². The molecule has 1 aliphatic heterocycles. The number of hydrogen-bond acceptors (Lipinski definition) is 7. The van der Waals surface area contributed by atoms with E-state index in [9.17, 15) is 13.2 Å². The molecule has 0 aromatic carbocycles. The molecule has 0 spiro atoms. The maximum absolute atomic E-state index is 12.1. The summed E-state index contributed by atoms with van der Waals surface area (Å²) in [5.41, 5.74) is 5.73. The summed E-state index contributed by atoms with van der Waals surface area (Å²) in [6, 6.07) is 0. The molecule has 2 heterocycles. The Morgan fingerprint density at radius 1 is 1.52 bits per heavy atom. The molecular formula is C12H20N4O3S2. The van der Waals surface area contributed by atoms with Gasteiger partial charge in [-0.1, -0.05) is 18.3 Å². The van der Waals surface area contributed by atoms with Gasteiger partial charge >= 0.3 is 0 Å². The maximum Gasteiger partial charge on any atom is 0.265 e. The highest BCUT2D eigenvalue weighted by molar-refractivity contribution is 7.92. The standard InChI is InChI=1S/C12H20N4O3S2/c1-2-5-14-12-16-10(13)9(20-12)11(17)15-7-8-4-3-6-21(8,18)19/h8H,2-7,13H2,1H3,(H,14,16)(H,15,17). The minimum Gasteiger partial charge on any atom is -0.382 e. The van der Waals surface area contributed by atoms with Crippen LogP contribution in [0, 0.1) is 0 Å². The van der Waals surface area contributed by atoms with Crippen LogP contribution >= 0.6 is 11.3 Å². The average molecular weight is 332 g/mol. The highest BCUT2D eigenvalue weighted by Crippen LogP contribution is 2.25. The van der Waals surface area contributed by atoms with E-state index in [-0.39, 0.29) is 24.0 Å². The molecule has 118 valence electrons. The molecule has 9 heteroatoms. The van der Waals surface area contributed by atoms with Crippen LogP contribution in [0.25, 0.3) is 0 Å². The lowest BCUT2D eigenvalue weighted by molar-refractivity contribution is 0.0958. The van der Waals surface area contributed by atoms with Crippen LogP contribution in [0.3, 0.4) is 0 Å². The van der Waals surface area contributed by atoms with Crippen molar-refractivity contribution in [3.63, 3.8) is 0 Å². The van der Waals surface area contributed by atoms with E-state index in [4.69, 9.17) is 5.73 Å². The highest BCUT2D eigenvalue weighted by Gasteiger charge is 2.31. The maximum atomic E-state index is 12.1. The fourth-order valence-corrected chi connectivity index (χ4v) is 4.77. The van der Waals surface area contributed by atoms with E-state index in [1.165, 1.54) is 11.3 Å². The number of amides is 1. The summed E-state index contributed by atoms with van der Waals surface area (Å²) >= 11 is 1.18. The van der Waals surface area contributed by atoms with Gasteiger partial charge in [-0.2, -0.15) is 0 Å². The Labute approximate surface area is 128 Å². The molecule has 1 atom stereocenters. The van der Waals surface area contributed by atoms with Gasteiger partial charge in [-0.05, 0) is 19.3 Å². The molecule has 2 rings (SSSR count). The molecule has 1 aliphatic rings. The topological polar surface area (TPSA) is 114 Å². The first kappa shape index (κ1) is 16.0. The van der Waals surface area contributed by atoms with Crippen LogP contribution in [0.2, 0.25) is 0 Å². The van der Waals surface area contributed by atoms with Gasteiger partial charge in [-0.3, -0.25) is 4.79 Å². The monoisotopic (exact) mass is 332 g/mol. The summed E-state index contributed by atoms with van der Waals surface area (Å²) in [5, 5.41) is 5.85. The second-order valence-corrected chi connectivity index (χ2v) is 8.40. The molecule has 1 aromatic heterocycles. The fraction of sp³-hybridized carbons (Fsp3) is 0.667. The summed E-state index contributed by atoms with van der Waals surface area (Å²) in [7, 11) is -3.05. The Balaban J connectivity index is 1.95. The van der Waals surface area contributed by atoms with Gasteiger partial charge in [0.15, 0.2) is 15.0 Å². The number of nitrogen functional groups attached to an aromatic ring is 1. The molecule has 1 amide bonds. The number of aromatic nitrogens is 1. The zero-order chi connectivity index (χ0) is 15.5. The molecular weight excluding hydrogens is 312 g/mol. The van der Waals surface area contributed by atoms with Crippen LogP contribution in [-0.2, 0) is 9.84 Å². The Bertz CT molecular complexity index is 612. The van der Waals surface area contributed by atoms with Gasteiger partial charge in [0.1, 0.15) is 10.7 Å². The van der Waals surface area contributed by atoms with E-state index in [1.807, 2.05) is 6.92 Å². The third-order valence-electron chi connectivity index (χ3n) is 3.34. The summed E-state index contributed by atoms with van der Waals surface area (Å²) in [6.45, 7) is 2.92. The predicted octanol–water partition coefficient (Wildman–Crippen LogP) is 0.854. The molecule has 1 unspecified atom stereocenters. The molecule has 7 nitrogen and oxygen atoms in total. The number of anilines is 2. The number of nitrogens with one attached hydrogen (secondary N) is 2. The van der Waals surface area contributed by atoms with Crippen molar-refractivity contribution in [2.24, 2.45) is 0 Å². The second kappa shape index (κ2) is 6.61. The first-order valence-corrected chi connectivity index (χ1v) is 9.47. The van der Waals surface area contributed by atoms with E-state index in [0.29, 0.717) is 22.9 Å². The van der Waals surface area contributed by atoms with E-state index in [0.717, 1.165) is 13.0 Å². The first-order valence-electron chi connectivity index (χ1n) is 6.94. The third-order valence-corrected chi connectivity index (χ3v) is 6.64. The molecule has 1 fully saturated rings. The van der Waals surface area contributed by atoms with Gasteiger partial charge in [-0.25, -0.2) is 13.4 Å². The zero-order valence-corrected chi connectivity index (χ0v) is 13.5. The Morgan fingerprint density at radius 3 is 2.90 bits per heavy atom. The SMILES string of the molecule is CCCNc1nc(N)c(C(=O)NCC2CCCS2(=O)=O)s1. The van der Waals surface area contributed by atoms with E-state index >= 15 is 0 Å². The van der Waals surface area contributed by atoms with Crippen molar-refractivity contribution in [3.05, 3.63) is 4.88 Å². The predicted molar refractivity (Wildman–Crippen MR) is 84.4 cm³/mol. The number of sulfone groups is 1. The normalized spacial score (nSPS) is 20.3. The minimum absolute atomic E-state index is 0.135. The van der Waals surface area contributed by atoms with E-state index in [2.05, 4.69) is 15.6 Å². The first-order chi connectivity index (χ1) is 9.94. The number of nitrogens with two attached hydrogens (primary N) is 1. The van der Waals surface area contributed by atoms with Crippen molar-refractivity contribution in [1.29, 1.82) is 0 Å². The molecule has 0 saturated carbocycles. The molecule has 1 aromatic rings. The van der Waals surface area contributed by atoms with E-state index in [1.54, 1.807) is 0 Å². The van der Waals surface area contributed by atoms with Crippen molar-refractivity contribution < 1.29 is 13.2 Å². The fourth-order valence-electron chi connectivity index (χ4n) is 2.18. The van der Waals surface area contributed by atoms with Gasteiger partial charge in [-0.15, -0.1) is 0 Å². The lowest BCUT2D eigenvalue weighted by Gasteiger charge is -2.10. The Hall–Kier alpha value is -1.35. The largest absolute Gasteiger partial charge is 0.382 e. The smallest absolute Gasteiger partial charge is 0.265 e. The zero-order valence-electron chi connectivity index (χ0n) is 11.9. The molecule has 0 aliphatic carbocycles. The number of nitrogens with zero attached hydrogens (tertiary/aromatic N) is 1. The van der Waals surface area contributed by atoms with Crippen molar-refractivity contribution in [2.45, 2.75) is 31.4 Å². The van der Waals surface area contributed by atoms with Crippen LogP contribution in [-0.4, -0.2) is 43.4 Å². The summed E-state index contributed by atoms with van der Waals surface area (Å²) in [4.78, 5) is 16.5. The molecule has 21 heavy (non-hydrogen) atoms. The van der Waals surface area contributed by atoms with Crippen LogP contribution in [0.5, 0.6) is 0 Å². The van der Waals surface area contributed by atoms with Gasteiger partial charge in [0.05, 0.1) is 11.0 Å². The Morgan fingerprint density at radius 2 is 2.29 bits per heavy atom. The number of rotatable bonds is 6. The van der Waals surface area contributed by atoms with Crippen molar-refractivity contribution in [1.82, 2.24) is 10.3 Å². The molecule has 0 radical (unpaired) electrons. The van der Waals surface area contributed by atoms with Crippen molar-refractivity contribution >= 4 is 38.0 Å². The number of carbonyl (C=O) groups is 1.